The molecule has 1 aliphatic rings. The lowest BCUT2D eigenvalue weighted by molar-refractivity contribution is -0.137. The number of hydrogen-bond acceptors (Lipinski definition) is 2. The number of aromatic nitrogens is 1. The Morgan fingerprint density at radius 2 is 1.70 bits per heavy atom. The Kier molecular flexibility index (Phi) is 5.12. The van der Waals surface area contributed by atoms with Crippen molar-refractivity contribution in [2.45, 2.75) is 18.6 Å². The van der Waals surface area contributed by atoms with Crippen LogP contribution in [0.15, 0.2) is 72.8 Å². The van der Waals surface area contributed by atoms with Crippen molar-refractivity contribution in [3.63, 3.8) is 0 Å². The molecule has 1 aliphatic heterocycles. The number of ether oxygens (including phenoxy) is 1. The van der Waals surface area contributed by atoms with Crippen LogP contribution in [0.5, 0.6) is 5.75 Å². The molecule has 0 fully saturated rings. The fourth-order valence-electron chi connectivity index (χ4n) is 4.56. The predicted molar refractivity (Wildman–Crippen MR) is 119 cm³/mol. The molecule has 1 N–H and O–H groups in total. The monoisotopic (exact) mass is 450 g/mol. The zero-order valence-corrected chi connectivity index (χ0v) is 17.8. The van der Waals surface area contributed by atoms with Gasteiger partial charge in [0.05, 0.1) is 18.7 Å². The van der Waals surface area contributed by atoms with Crippen molar-refractivity contribution < 1.29 is 22.7 Å². The van der Waals surface area contributed by atoms with Gasteiger partial charge in [-0.05, 0) is 60.0 Å². The van der Waals surface area contributed by atoms with E-state index in [4.69, 9.17) is 4.74 Å². The van der Waals surface area contributed by atoms with Crippen LogP contribution in [0.3, 0.4) is 0 Å². The highest BCUT2D eigenvalue weighted by Gasteiger charge is 2.35. The van der Waals surface area contributed by atoms with Gasteiger partial charge in [0.25, 0.3) is 5.91 Å². The van der Waals surface area contributed by atoms with Gasteiger partial charge in [-0.2, -0.15) is 13.2 Å². The van der Waals surface area contributed by atoms with Crippen LogP contribution in [-0.2, 0) is 12.6 Å². The molecular weight excluding hydrogens is 429 g/mol. The maximum absolute atomic E-state index is 13.5. The van der Waals surface area contributed by atoms with Gasteiger partial charge in [0, 0.05) is 28.7 Å². The van der Waals surface area contributed by atoms with Crippen LogP contribution in [0.4, 0.5) is 13.2 Å². The average molecular weight is 450 g/mol. The largest absolute Gasteiger partial charge is 0.497 e. The zero-order chi connectivity index (χ0) is 23.2. The van der Waals surface area contributed by atoms with E-state index in [2.05, 4.69) is 11.1 Å². The Bertz CT molecular complexity index is 1310. The number of aromatic amines is 1. The van der Waals surface area contributed by atoms with Gasteiger partial charge < -0.3 is 14.6 Å². The molecular formula is C26H21F3N2O2. The van der Waals surface area contributed by atoms with Crippen LogP contribution >= 0.6 is 0 Å². The summed E-state index contributed by atoms with van der Waals surface area (Å²) in [5.74, 6) is 0.390. The first-order valence-electron chi connectivity index (χ1n) is 10.6. The minimum Gasteiger partial charge on any atom is -0.497 e. The fourth-order valence-corrected chi connectivity index (χ4v) is 4.56. The van der Waals surface area contributed by atoms with E-state index in [0.717, 1.165) is 39.9 Å². The van der Waals surface area contributed by atoms with Crippen molar-refractivity contribution in [1.29, 1.82) is 0 Å². The summed E-state index contributed by atoms with van der Waals surface area (Å²) in [6.07, 6.45) is -3.80. The minimum absolute atomic E-state index is 0.223. The molecule has 4 aromatic rings. The van der Waals surface area contributed by atoms with Crippen LogP contribution in [0.25, 0.3) is 10.9 Å². The summed E-state index contributed by atoms with van der Waals surface area (Å²) >= 11 is 0. The summed E-state index contributed by atoms with van der Waals surface area (Å²) in [6, 6.07) is 19.5. The first-order valence-corrected chi connectivity index (χ1v) is 10.6. The van der Waals surface area contributed by atoms with Crippen LogP contribution in [0, 0.1) is 0 Å². The molecule has 0 radical (unpaired) electrons. The Morgan fingerprint density at radius 3 is 2.36 bits per heavy atom. The number of carbonyl (C=O) groups excluding carboxylic acids is 1. The molecule has 1 amide bonds. The van der Waals surface area contributed by atoms with E-state index >= 15 is 0 Å². The number of nitrogens with zero attached hydrogens (tertiary/aromatic N) is 1. The predicted octanol–water partition coefficient (Wildman–Crippen LogP) is 5.98. The second-order valence-corrected chi connectivity index (χ2v) is 8.06. The maximum atomic E-state index is 13.5. The van der Waals surface area contributed by atoms with E-state index in [1.54, 1.807) is 12.0 Å². The number of halogens is 3. The smallest absolute Gasteiger partial charge is 0.416 e. The van der Waals surface area contributed by atoms with Crippen molar-refractivity contribution in [2.24, 2.45) is 0 Å². The van der Waals surface area contributed by atoms with E-state index in [-0.39, 0.29) is 11.5 Å². The number of para-hydroxylation sites is 1. The zero-order valence-electron chi connectivity index (χ0n) is 17.8. The number of benzene rings is 3. The third-order valence-corrected chi connectivity index (χ3v) is 6.19. The van der Waals surface area contributed by atoms with Gasteiger partial charge in [0.1, 0.15) is 5.75 Å². The van der Waals surface area contributed by atoms with Gasteiger partial charge in [-0.15, -0.1) is 0 Å². The van der Waals surface area contributed by atoms with E-state index in [9.17, 15) is 18.0 Å². The molecule has 1 atom stereocenters. The van der Waals surface area contributed by atoms with Crippen molar-refractivity contribution in [3.05, 3.63) is 101 Å². The summed E-state index contributed by atoms with van der Waals surface area (Å²) in [7, 11) is 1.59. The van der Waals surface area contributed by atoms with Crippen molar-refractivity contribution in [3.8, 4) is 5.75 Å². The van der Waals surface area contributed by atoms with Gasteiger partial charge in [-0.3, -0.25) is 4.79 Å². The Labute approximate surface area is 188 Å². The molecule has 1 aromatic heterocycles. The van der Waals surface area contributed by atoms with Crippen LogP contribution in [0.2, 0.25) is 0 Å². The number of hydrogen-bond donors (Lipinski definition) is 1. The molecule has 2 heterocycles. The van der Waals surface area contributed by atoms with Crippen molar-refractivity contribution >= 4 is 16.8 Å². The number of amides is 1. The van der Waals surface area contributed by atoms with Crippen LogP contribution in [0.1, 0.15) is 38.8 Å². The molecule has 33 heavy (non-hydrogen) atoms. The number of carbonyl (C=O) groups is 1. The SMILES string of the molecule is COc1ccc(C2c3[nH]c4ccccc4c3CCN2C(=O)c2ccc(C(F)(F)F)cc2)cc1. The van der Waals surface area contributed by atoms with Gasteiger partial charge >= 0.3 is 6.18 Å². The first-order chi connectivity index (χ1) is 15.9. The minimum atomic E-state index is -4.45. The molecule has 0 aliphatic carbocycles. The number of fused-ring (bicyclic) bond motifs is 3. The molecule has 0 bridgehead atoms. The Hall–Kier alpha value is -3.74. The molecule has 168 valence electrons. The third kappa shape index (κ3) is 3.73. The van der Waals surface area contributed by atoms with Crippen LogP contribution < -0.4 is 4.74 Å². The molecule has 0 saturated carbocycles. The van der Waals surface area contributed by atoms with E-state index in [0.29, 0.717) is 18.7 Å². The second-order valence-electron chi connectivity index (χ2n) is 8.06. The fraction of sp³-hybridized carbons (Fsp3) is 0.192. The topological polar surface area (TPSA) is 45.3 Å². The van der Waals surface area contributed by atoms with Crippen LogP contribution in [-0.4, -0.2) is 29.4 Å². The number of nitrogens with one attached hydrogen (secondary N) is 1. The quantitative estimate of drug-likeness (QED) is 0.417. The third-order valence-electron chi connectivity index (χ3n) is 6.19. The summed E-state index contributed by atoms with van der Waals surface area (Å²) < 4.78 is 44.2. The highest BCUT2D eigenvalue weighted by molar-refractivity contribution is 5.95. The normalized spacial score (nSPS) is 16.0. The Morgan fingerprint density at radius 1 is 1.00 bits per heavy atom. The van der Waals surface area contributed by atoms with Crippen molar-refractivity contribution in [2.75, 3.05) is 13.7 Å². The summed E-state index contributed by atoms with van der Waals surface area (Å²) in [5, 5.41) is 1.12. The van der Waals surface area contributed by atoms with Gasteiger partial charge in [-0.25, -0.2) is 0 Å². The molecule has 7 heteroatoms. The van der Waals surface area contributed by atoms with E-state index in [1.807, 2.05) is 42.5 Å². The molecule has 0 saturated heterocycles. The van der Waals surface area contributed by atoms with Gasteiger partial charge in [-0.1, -0.05) is 30.3 Å². The number of alkyl halides is 3. The average Bonchev–Trinajstić information content (AvgIpc) is 3.21. The standard InChI is InChI=1S/C26H21F3N2O2/c1-33-19-12-8-16(9-13-19)24-23-21(20-4-2-3-5-22(20)30-23)14-15-31(24)25(32)17-6-10-18(11-7-17)26(27,28)29/h2-13,24,30H,14-15H2,1H3. The molecule has 4 nitrogen and oxygen atoms in total. The van der Waals surface area contributed by atoms with Gasteiger partial charge in [0.15, 0.2) is 0 Å². The number of methoxy groups -OCH3 is 1. The molecule has 3 aromatic carbocycles. The highest BCUT2D eigenvalue weighted by atomic mass is 19.4. The molecule has 0 spiro atoms. The molecule has 5 rings (SSSR count). The maximum Gasteiger partial charge on any atom is 0.416 e. The lowest BCUT2D eigenvalue weighted by atomic mass is 9.91. The number of H-pyrrole nitrogens is 1. The van der Waals surface area contributed by atoms with Gasteiger partial charge in [0.2, 0.25) is 0 Å². The number of rotatable bonds is 3. The lowest BCUT2D eigenvalue weighted by Crippen LogP contribution is -2.40. The lowest BCUT2D eigenvalue weighted by Gasteiger charge is -2.36. The highest BCUT2D eigenvalue weighted by Crippen LogP contribution is 2.39. The Balaban J connectivity index is 1.59. The van der Waals surface area contributed by atoms with E-state index < -0.39 is 17.8 Å². The first kappa shape index (κ1) is 21.1. The molecule has 1 unspecified atom stereocenters. The second kappa shape index (κ2) is 7.99. The van der Waals surface area contributed by atoms with E-state index in [1.165, 1.54) is 12.1 Å². The summed E-state index contributed by atoms with van der Waals surface area (Å²) in [6.45, 7) is 0.450. The van der Waals surface area contributed by atoms with Crippen molar-refractivity contribution in [1.82, 2.24) is 9.88 Å². The summed E-state index contributed by atoms with van der Waals surface area (Å²) in [5.41, 5.74) is 3.41. The summed E-state index contributed by atoms with van der Waals surface area (Å²) in [4.78, 5) is 18.7.